The van der Waals surface area contributed by atoms with Crippen molar-refractivity contribution in [2.45, 2.75) is 6.42 Å². The zero-order valence-corrected chi connectivity index (χ0v) is 12.2. The third kappa shape index (κ3) is 2.49. The lowest BCUT2D eigenvalue weighted by Crippen LogP contribution is -2.12. The van der Waals surface area contributed by atoms with E-state index in [2.05, 4.69) is 21.2 Å². The number of hydrogen-bond donors (Lipinski definition) is 2. The van der Waals surface area contributed by atoms with E-state index in [0.29, 0.717) is 22.3 Å². The molecule has 1 aliphatic heterocycles. The number of hydrogen-bond acceptors (Lipinski definition) is 3. The number of benzene rings is 2. The van der Waals surface area contributed by atoms with Crippen molar-refractivity contribution >= 4 is 33.2 Å². The second-order valence-electron chi connectivity index (χ2n) is 4.61. The van der Waals surface area contributed by atoms with Crippen LogP contribution in [0.1, 0.15) is 15.9 Å². The van der Waals surface area contributed by atoms with Crippen molar-refractivity contribution in [3.63, 3.8) is 0 Å². The SMILES string of the molecule is Nc1ccc(C(=O)Nc2ccc3c(c2)CCO3)cc1Br. The molecule has 0 saturated heterocycles. The van der Waals surface area contributed by atoms with Crippen LogP contribution in [0.2, 0.25) is 0 Å². The largest absolute Gasteiger partial charge is 0.493 e. The average molecular weight is 333 g/mol. The number of nitrogens with two attached hydrogens (primary N) is 1. The average Bonchev–Trinajstić information content (AvgIpc) is 2.89. The molecule has 0 fully saturated rings. The summed E-state index contributed by atoms with van der Waals surface area (Å²) >= 11 is 3.32. The Labute approximate surface area is 125 Å². The quantitative estimate of drug-likeness (QED) is 0.830. The molecule has 2 aromatic carbocycles. The molecule has 1 amide bonds. The minimum absolute atomic E-state index is 0.162. The van der Waals surface area contributed by atoms with Crippen LogP contribution < -0.4 is 15.8 Å². The molecule has 4 nitrogen and oxygen atoms in total. The first kappa shape index (κ1) is 13.0. The number of ether oxygens (including phenoxy) is 1. The molecule has 0 unspecified atom stereocenters. The highest BCUT2D eigenvalue weighted by Gasteiger charge is 2.13. The molecule has 3 rings (SSSR count). The fourth-order valence-electron chi connectivity index (χ4n) is 2.14. The van der Waals surface area contributed by atoms with Crippen molar-refractivity contribution in [1.82, 2.24) is 0 Å². The second kappa shape index (κ2) is 5.17. The Bertz CT molecular complexity index is 686. The van der Waals surface area contributed by atoms with E-state index in [-0.39, 0.29) is 5.91 Å². The molecule has 0 aliphatic carbocycles. The zero-order valence-electron chi connectivity index (χ0n) is 10.7. The predicted octanol–water partition coefficient (Wildman–Crippen LogP) is 3.22. The lowest BCUT2D eigenvalue weighted by Gasteiger charge is -2.08. The standard InChI is InChI=1S/C15H13BrN2O2/c16-12-8-10(1-3-13(12)17)15(19)18-11-2-4-14-9(7-11)5-6-20-14/h1-4,7-8H,5-6,17H2,(H,18,19). The van der Waals surface area contributed by atoms with E-state index in [9.17, 15) is 4.79 Å². The maximum atomic E-state index is 12.2. The molecule has 2 aromatic rings. The van der Waals surface area contributed by atoms with Gasteiger partial charge in [0.2, 0.25) is 0 Å². The van der Waals surface area contributed by atoms with E-state index in [1.54, 1.807) is 18.2 Å². The van der Waals surface area contributed by atoms with Crippen molar-refractivity contribution in [1.29, 1.82) is 0 Å². The molecular formula is C15H13BrN2O2. The number of amides is 1. The van der Waals surface area contributed by atoms with Gasteiger partial charge in [-0.15, -0.1) is 0 Å². The maximum absolute atomic E-state index is 12.2. The van der Waals surface area contributed by atoms with E-state index in [0.717, 1.165) is 23.4 Å². The molecule has 0 bridgehead atoms. The van der Waals surface area contributed by atoms with Crippen LogP contribution in [0.25, 0.3) is 0 Å². The van der Waals surface area contributed by atoms with Gasteiger partial charge < -0.3 is 15.8 Å². The fourth-order valence-corrected chi connectivity index (χ4v) is 2.51. The third-order valence-electron chi connectivity index (χ3n) is 3.21. The number of nitrogens with one attached hydrogen (secondary N) is 1. The molecule has 0 aromatic heterocycles. The van der Waals surface area contributed by atoms with Crippen LogP contribution in [-0.2, 0) is 6.42 Å². The summed E-state index contributed by atoms with van der Waals surface area (Å²) in [5, 5.41) is 2.88. The van der Waals surface area contributed by atoms with E-state index in [1.165, 1.54) is 0 Å². The summed E-state index contributed by atoms with van der Waals surface area (Å²) in [6, 6.07) is 10.8. The first-order valence-electron chi connectivity index (χ1n) is 6.25. The van der Waals surface area contributed by atoms with E-state index >= 15 is 0 Å². The molecule has 1 heterocycles. The van der Waals surface area contributed by atoms with Gasteiger partial charge in [0.25, 0.3) is 5.91 Å². The molecule has 0 radical (unpaired) electrons. The van der Waals surface area contributed by atoms with Gasteiger partial charge >= 0.3 is 0 Å². The number of carbonyl (C=O) groups is 1. The number of nitrogen functional groups attached to an aromatic ring is 1. The van der Waals surface area contributed by atoms with Crippen LogP contribution in [0.4, 0.5) is 11.4 Å². The van der Waals surface area contributed by atoms with Crippen LogP contribution in [-0.4, -0.2) is 12.5 Å². The second-order valence-corrected chi connectivity index (χ2v) is 5.47. The number of anilines is 2. The fraction of sp³-hybridized carbons (Fsp3) is 0.133. The molecule has 5 heteroatoms. The smallest absolute Gasteiger partial charge is 0.255 e. The Morgan fingerprint density at radius 2 is 2.10 bits per heavy atom. The van der Waals surface area contributed by atoms with Crippen LogP contribution in [0.5, 0.6) is 5.75 Å². The number of rotatable bonds is 2. The van der Waals surface area contributed by atoms with Crippen LogP contribution in [0.3, 0.4) is 0 Å². The van der Waals surface area contributed by atoms with E-state index in [4.69, 9.17) is 10.5 Å². The van der Waals surface area contributed by atoms with Crippen molar-refractivity contribution in [3.8, 4) is 5.75 Å². The van der Waals surface area contributed by atoms with Gasteiger partial charge in [0.15, 0.2) is 0 Å². The lowest BCUT2D eigenvalue weighted by molar-refractivity contribution is 0.102. The van der Waals surface area contributed by atoms with Crippen LogP contribution >= 0.6 is 15.9 Å². The van der Waals surface area contributed by atoms with Crippen molar-refractivity contribution in [3.05, 3.63) is 52.0 Å². The van der Waals surface area contributed by atoms with Crippen molar-refractivity contribution < 1.29 is 9.53 Å². The number of halogens is 1. The summed E-state index contributed by atoms with van der Waals surface area (Å²) in [4.78, 5) is 12.2. The van der Waals surface area contributed by atoms with E-state index in [1.807, 2.05) is 18.2 Å². The number of carbonyl (C=O) groups excluding carboxylic acids is 1. The summed E-state index contributed by atoms with van der Waals surface area (Å²) in [7, 11) is 0. The Balaban J connectivity index is 1.80. The Kier molecular flexibility index (Phi) is 3.36. The molecule has 3 N–H and O–H groups in total. The number of fused-ring (bicyclic) bond motifs is 1. The van der Waals surface area contributed by atoms with Crippen LogP contribution in [0.15, 0.2) is 40.9 Å². The normalized spacial score (nSPS) is 12.7. The molecular weight excluding hydrogens is 320 g/mol. The Morgan fingerprint density at radius 1 is 1.25 bits per heavy atom. The molecule has 0 atom stereocenters. The highest BCUT2D eigenvalue weighted by Crippen LogP contribution is 2.28. The van der Waals surface area contributed by atoms with Crippen molar-refractivity contribution in [2.75, 3.05) is 17.7 Å². The van der Waals surface area contributed by atoms with Gasteiger partial charge in [-0.25, -0.2) is 0 Å². The first-order valence-corrected chi connectivity index (χ1v) is 7.05. The van der Waals surface area contributed by atoms with Gasteiger partial charge in [0.05, 0.1) is 6.61 Å². The lowest BCUT2D eigenvalue weighted by atomic mass is 10.1. The van der Waals surface area contributed by atoms with Crippen LogP contribution in [0, 0.1) is 0 Å². The van der Waals surface area contributed by atoms with Gasteiger partial charge in [0, 0.05) is 27.8 Å². The van der Waals surface area contributed by atoms with Gasteiger partial charge in [-0.3, -0.25) is 4.79 Å². The van der Waals surface area contributed by atoms with Gasteiger partial charge in [-0.2, -0.15) is 0 Å². The minimum Gasteiger partial charge on any atom is -0.493 e. The van der Waals surface area contributed by atoms with Crippen molar-refractivity contribution in [2.24, 2.45) is 0 Å². The van der Waals surface area contributed by atoms with E-state index < -0.39 is 0 Å². The maximum Gasteiger partial charge on any atom is 0.255 e. The molecule has 102 valence electrons. The molecule has 20 heavy (non-hydrogen) atoms. The summed E-state index contributed by atoms with van der Waals surface area (Å²) in [5.74, 6) is 0.739. The Hall–Kier alpha value is -2.01. The van der Waals surface area contributed by atoms with Gasteiger partial charge in [0.1, 0.15) is 5.75 Å². The molecule has 0 saturated carbocycles. The highest BCUT2D eigenvalue weighted by molar-refractivity contribution is 9.10. The topological polar surface area (TPSA) is 64.4 Å². The third-order valence-corrected chi connectivity index (χ3v) is 3.90. The summed E-state index contributed by atoms with van der Waals surface area (Å²) in [6.07, 6.45) is 0.881. The molecule has 1 aliphatic rings. The first-order chi connectivity index (χ1) is 9.63. The predicted molar refractivity (Wildman–Crippen MR) is 82.1 cm³/mol. The van der Waals surface area contributed by atoms with Gasteiger partial charge in [-0.05, 0) is 57.9 Å². The monoisotopic (exact) mass is 332 g/mol. The summed E-state index contributed by atoms with van der Waals surface area (Å²) in [5.41, 5.74) is 8.77. The molecule has 0 spiro atoms. The zero-order chi connectivity index (χ0) is 14.1. The summed E-state index contributed by atoms with van der Waals surface area (Å²) in [6.45, 7) is 0.706. The Morgan fingerprint density at radius 3 is 2.90 bits per heavy atom. The van der Waals surface area contributed by atoms with Gasteiger partial charge in [-0.1, -0.05) is 0 Å². The minimum atomic E-state index is -0.162. The summed E-state index contributed by atoms with van der Waals surface area (Å²) < 4.78 is 6.15. The highest BCUT2D eigenvalue weighted by atomic mass is 79.9.